The number of carbonyl (C=O) groups is 1. The Morgan fingerprint density at radius 3 is 2.55 bits per heavy atom. The smallest absolute Gasteiger partial charge is 0.410 e. The van der Waals surface area contributed by atoms with Crippen LogP contribution in [0.4, 0.5) is 10.5 Å². The van der Waals surface area contributed by atoms with E-state index in [4.69, 9.17) is 4.74 Å². The Morgan fingerprint density at radius 2 is 1.87 bits per heavy atom. The minimum atomic E-state index is -1.24. The van der Waals surface area contributed by atoms with Gasteiger partial charge in [-0.2, -0.15) is 9.97 Å². The molecule has 0 bridgehead atoms. The first-order chi connectivity index (χ1) is 14.7. The summed E-state index contributed by atoms with van der Waals surface area (Å²) in [4.78, 5) is 24.9. The van der Waals surface area contributed by atoms with E-state index in [1.54, 1.807) is 17.4 Å². The molecule has 0 spiro atoms. The number of piperazine rings is 1. The van der Waals surface area contributed by atoms with Gasteiger partial charge in [-0.05, 0) is 39.0 Å². The maximum atomic E-state index is 12.4. The van der Waals surface area contributed by atoms with Crippen molar-refractivity contribution in [3.8, 4) is 5.82 Å². The topological polar surface area (TPSA) is 86.6 Å². The van der Waals surface area contributed by atoms with E-state index in [1.807, 2.05) is 49.7 Å². The SMILES string of the molecule is C[S+]([O-])c1nccc(-n2ccc3c(N4CCN(C(=O)OC(C)(C)C)CC4)cccc32)n1. The lowest BCUT2D eigenvalue weighted by molar-refractivity contribution is 0.0240. The Balaban J connectivity index is 1.56. The predicted octanol–water partition coefficient (Wildman–Crippen LogP) is 3.22. The first-order valence-electron chi connectivity index (χ1n) is 10.2. The number of amides is 1. The van der Waals surface area contributed by atoms with Gasteiger partial charge in [0.2, 0.25) is 0 Å². The van der Waals surface area contributed by atoms with E-state index >= 15 is 0 Å². The van der Waals surface area contributed by atoms with Crippen molar-refractivity contribution in [1.82, 2.24) is 19.4 Å². The lowest BCUT2D eigenvalue weighted by Gasteiger charge is -2.37. The van der Waals surface area contributed by atoms with Crippen LogP contribution in [-0.4, -0.2) is 68.1 Å². The number of nitrogens with zero attached hydrogens (tertiary/aromatic N) is 5. The van der Waals surface area contributed by atoms with Crippen molar-refractivity contribution in [2.24, 2.45) is 0 Å². The van der Waals surface area contributed by atoms with Gasteiger partial charge in [-0.3, -0.25) is 0 Å². The van der Waals surface area contributed by atoms with Crippen LogP contribution in [0, 0.1) is 0 Å². The van der Waals surface area contributed by atoms with Crippen LogP contribution in [0.2, 0.25) is 0 Å². The van der Waals surface area contributed by atoms with Gasteiger partial charge < -0.3 is 23.7 Å². The molecule has 1 amide bonds. The molecule has 1 saturated heterocycles. The molecule has 0 aliphatic carbocycles. The van der Waals surface area contributed by atoms with Crippen LogP contribution < -0.4 is 4.90 Å². The molecule has 1 aliphatic rings. The summed E-state index contributed by atoms with van der Waals surface area (Å²) in [5.74, 6) is 0.682. The number of hydrogen-bond donors (Lipinski definition) is 0. The molecule has 4 rings (SSSR count). The highest BCUT2D eigenvalue weighted by atomic mass is 32.2. The van der Waals surface area contributed by atoms with Crippen LogP contribution in [0.1, 0.15) is 20.8 Å². The Kier molecular flexibility index (Phi) is 5.81. The van der Waals surface area contributed by atoms with Gasteiger partial charge in [0, 0.05) is 66.9 Å². The third-order valence-corrected chi connectivity index (χ3v) is 5.82. The lowest BCUT2D eigenvalue weighted by Crippen LogP contribution is -2.50. The van der Waals surface area contributed by atoms with Gasteiger partial charge in [0.25, 0.3) is 0 Å². The number of carbonyl (C=O) groups excluding carboxylic acids is 1. The first kappa shape index (κ1) is 21.5. The van der Waals surface area contributed by atoms with Crippen molar-refractivity contribution in [2.75, 3.05) is 37.3 Å². The number of fused-ring (bicyclic) bond motifs is 1. The molecule has 0 N–H and O–H groups in total. The highest BCUT2D eigenvalue weighted by Crippen LogP contribution is 2.30. The van der Waals surface area contributed by atoms with Crippen molar-refractivity contribution in [2.45, 2.75) is 31.5 Å². The molecule has 8 nitrogen and oxygen atoms in total. The highest BCUT2D eigenvalue weighted by molar-refractivity contribution is 7.90. The second-order valence-corrected chi connectivity index (χ2v) is 9.78. The van der Waals surface area contributed by atoms with Gasteiger partial charge in [0.05, 0.1) is 5.52 Å². The summed E-state index contributed by atoms with van der Waals surface area (Å²) in [5, 5.41) is 1.42. The molecule has 1 aliphatic heterocycles. The summed E-state index contributed by atoms with van der Waals surface area (Å²) in [6, 6.07) is 10.0. The van der Waals surface area contributed by atoms with Gasteiger partial charge in [0.15, 0.2) is 0 Å². The molecule has 9 heteroatoms. The summed E-state index contributed by atoms with van der Waals surface area (Å²) in [6.07, 6.45) is 4.91. The maximum absolute atomic E-state index is 12.4. The Hall–Kier alpha value is -2.78. The summed E-state index contributed by atoms with van der Waals surface area (Å²) in [5.41, 5.74) is 1.64. The summed E-state index contributed by atoms with van der Waals surface area (Å²) < 4.78 is 19.3. The average Bonchev–Trinajstić information content (AvgIpc) is 3.17. The van der Waals surface area contributed by atoms with Crippen molar-refractivity contribution >= 4 is 33.9 Å². The molecule has 0 radical (unpaired) electrons. The quantitative estimate of drug-likeness (QED) is 0.458. The van der Waals surface area contributed by atoms with Crippen molar-refractivity contribution in [1.29, 1.82) is 0 Å². The van der Waals surface area contributed by atoms with Crippen LogP contribution in [0.15, 0.2) is 47.9 Å². The second-order valence-electron chi connectivity index (χ2n) is 8.50. The van der Waals surface area contributed by atoms with E-state index in [-0.39, 0.29) is 6.09 Å². The molecule has 1 aromatic carbocycles. The van der Waals surface area contributed by atoms with Gasteiger partial charge in [-0.1, -0.05) is 6.07 Å². The normalized spacial score (nSPS) is 15.9. The zero-order valence-electron chi connectivity index (χ0n) is 18.2. The van der Waals surface area contributed by atoms with Gasteiger partial charge in [0.1, 0.15) is 17.7 Å². The number of anilines is 1. The monoisotopic (exact) mass is 441 g/mol. The van der Waals surface area contributed by atoms with E-state index in [9.17, 15) is 9.35 Å². The van der Waals surface area contributed by atoms with E-state index in [0.717, 1.165) is 29.7 Å². The standard InChI is InChI=1S/C22H27N5O3S/c1-22(2,3)30-21(28)26-14-12-25(13-15-26)17-6-5-7-18-16(17)9-11-27(18)19-8-10-23-20(24-19)31(4)29/h5-11H,12-15H2,1-4H3. The first-order valence-corrected chi connectivity index (χ1v) is 11.8. The van der Waals surface area contributed by atoms with Crippen LogP contribution in [0.25, 0.3) is 16.7 Å². The number of ether oxygens (including phenoxy) is 1. The predicted molar refractivity (Wildman–Crippen MR) is 121 cm³/mol. The maximum Gasteiger partial charge on any atom is 0.410 e. The van der Waals surface area contributed by atoms with Gasteiger partial charge >= 0.3 is 11.2 Å². The molecule has 1 atom stereocenters. The number of hydrogen-bond acceptors (Lipinski definition) is 6. The van der Waals surface area contributed by atoms with Crippen LogP contribution >= 0.6 is 0 Å². The molecule has 1 unspecified atom stereocenters. The minimum absolute atomic E-state index is 0.260. The number of aromatic nitrogens is 3. The summed E-state index contributed by atoms with van der Waals surface area (Å²) >= 11 is -1.24. The third-order valence-electron chi connectivity index (χ3n) is 5.10. The Bertz CT molecular complexity index is 1080. The van der Waals surface area contributed by atoms with Crippen LogP contribution in [0.5, 0.6) is 0 Å². The molecule has 1 fully saturated rings. The zero-order valence-corrected chi connectivity index (χ0v) is 19.1. The van der Waals surface area contributed by atoms with E-state index in [2.05, 4.69) is 27.0 Å². The minimum Gasteiger partial charge on any atom is -0.609 e. The van der Waals surface area contributed by atoms with Crippen LogP contribution in [-0.2, 0) is 15.9 Å². The van der Waals surface area contributed by atoms with Gasteiger partial charge in [-0.15, -0.1) is 0 Å². The summed E-state index contributed by atoms with van der Waals surface area (Å²) in [7, 11) is 0. The van der Waals surface area contributed by atoms with E-state index < -0.39 is 16.8 Å². The average molecular weight is 442 g/mol. The van der Waals surface area contributed by atoms with Crippen molar-refractivity contribution < 1.29 is 14.1 Å². The molecule has 3 aromatic rings. The fourth-order valence-electron chi connectivity index (χ4n) is 3.69. The molecule has 164 valence electrons. The van der Waals surface area contributed by atoms with Gasteiger partial charge in [-0.25, -0.2) is 4.79 Å². The molecular weight excluding hydrogens is 414 g/mol. The number of benzene rings is 1. The summed E-state index contributed by atoms with van der Waals surface area (Å²) in [6.45, 7) is 8.33. The Morgan fingerprint density at radius 1 is 1.13 bits per heavy atom. The molecule has 0 saturated carbocycles. The fraction of sp³-hybridized carbons (Fsp3) is 0.409. The van der Waals surface area contributed by atoms with Crippen LogP contribution in [0.3, 0.4) is 0 Å². The molecule has 3 heterocycles. The zero-order chi connectivity index (χ0) is 22.2. The van der Waals surface area contributed by atoms with Crippen molar-refractivity contribution in [3.63, 3.8) is 0 Å². The number of rotatable bonds is 3. The largest absolute Gasteiger partial charge is 0.609 e. The lowest BCUT2D eigenvalue weighted by atomic mass is 10.1. The third kappa shape index (κ3) is 4.62. The Labute approximate surface area is 185 Å². The van der Waals surface area contributed by atoms with E-state index in [1.165, 1.54) is 0 Å². The molecule has 31 heavy (non-hydrogen) atoms. The van der Waals surface area contributed by atoms with Crippen molar-refractivity contribution in [3.05, 3.63) is 42.7 Å². The highest BCUT2D eigenvalue weighted by Gasteiger charge is 2.26. The van der Waals surface area contributed by atoms with E-state index in [0.29, 0.717) is 24.1 Å². The molecular formula is C22H27N5O3S. The fourth-order valence-corrected chi connectivity index (χ4v) is 4.12. The second kappa shape index (κ2) is 8.39. The molecule has 2 aromatic heterocycles.